The highest BCUT2D eigenvalue weighted by atomic mass is 19.1. The van der Waals surface area contributed by atoms with Gasteiger partial charge in [-0.1, -0.05) is 12.1 Å². The van der Waals surface area contributed by atoms with Crippen LogP contribution in [0.25, 0.3) is 0 Å². The van der Waals surface area contributed by atoms with Crippen molar-refractivity contribution in [3.05, 3.63) is 35.6 Å². The number of hydrogen-bond donors (Lipinski definition) is 1. The van der Waals surface area contributed by atoms with E-state index in [2.05, 4.69) is 5.32 Å². The van der Waals surface area contributed by atoms with Crippen LogP contribution in [0.5, 0.6) is 0 Å². The fourth-order valence-corrected chi connectivity index (χ4v) is 1.83. The molecule has 1 saturated heterocycles. The lowest BCUT2D eigenvalue weighted by atomic mass is 9.85. The summed E-state index contributed by atoms with van der Waals surface area (Å²) in [4.78, 5) is 0. The maximum Gasteiger partial charge on any atom is 0.123 e. The molecule has 0 saturated carbocycles. The van der Waals surface area contributed by atoms with Crippen LogP contribution in [0.3, 0.4) is 0 Å². The van der Waals surface area contributed by atoms with Crippen molar-refractivity contribution in [1.29, 1.82) is 0 Å². The van der Waals surface area contributed by atoms with Crippen LogP contribution >= 0.6 is 0 Å². The molecule has 1 aliphatic rings. The number of piperidine rings is 1. The minimum absolute atomic E-state index is 0.293. The number of rotatable bonds is 1. The van der Waals surface area contributed by atoms with E-state index in [0.29, 0.717) is 31.5 Å². The van der Waals surface area contributed by atoms with Gasteiger partial charge in [-0.2, -0.15) is 0 Å². The lowest BCUT2D eigenvalue weighted by molar-refractivity contribution is 0.00488. The van der Waals surface area contributed by atoms with Gasteiger partial charge >= 0.3 is 0 Å². The van der Waals surface area contributed by atoms with Crippen LogP contribution < -0.4 is 5.32 Å². The highest BCUT2D eigenvalue weighted by Gasteiger charge is 2.31. The van der Waals surface area contributed by atoms with Gasteiger partial charge in [0.2, 0.25) is 0 Å². The second-order valence-electron chi connectivity index (χ2n) is 3.71. The van der Waals surface area contributed by atoms with E-state index < -0.39 is 5.60 Å². The first kappa shape index (κ1) is 9.62. The van der Waals surface area contributed by atoms with Crippen LogP contribution in [0, 0.1) is 5.82 Å². The molecule has 0 atom stereocenters. The number of hydrogen-bond acceptors (Lipinski definition) is 1. The molecular formula is C11H13FNO. The van der Waals surface area contributed by atoms with Gasteiger partial charge in [-0.3, -0.25) is 0 Å². The topological polar surface area (TPSA) is 34.3 Å². The Labute approximate surface area is 82.8 Å². The van der Waals surface area contributed by atoms with E-state index in [9.17, 15) is 9.50 Å². The second-order valence-corrected chi connectivity index (χ2v) is 3.71. The molecule has 0 bridgehead atoms. The van der Waals surface area contributed by atoms with E-state index in [1.807, 2.05) is 0 Å². The van der Waals surface area contributed by atoms with E-state index in [1.54, 1.807) is 12.1 Å². The van der Waals surface area contributed by atoms with Gasteiger partial charge in [0.05, 0.1) is 5.60 Å². The summed E-state index contributed by atoms with van der Waals surface area (Å²) < 4.78 is 13.0. The third kappa shape index (κ3) is 1.79. The van der Waals surface area contributed by atoms with Crippen molar-refractivity contribution in [2.45, 2.75) is 18.4 Å². The summed E-state index contributed by atoms with van der Waals surface area (Å²) in [5.41, 5.74) is -0.198. The minimum atomic E-state index is -0.871. The molecule has 1 aromatic carbocycles. The first-order chi connectivity index (χ1) is 6.71. The zero-order chi connectivity index (χ0) is 10.0. The van der Waals surface area contributed by atoms with Crippen LogP contribution in [-0.2, 0) is 5.60 Å². The van der Waals surface area contributed by atoms with E-state index in [-0.39, 0.29) is 5.82 Å². The Morgan fingerprint density at radius 3 is 2.64 bits per heavy atom. The standard InChI is InChI=1S/C11H13FNO/c12-10-3-1-2-9(8-10)11(14)4-6-13-7-5-11/h1-3,8,14H,4-7H2. The van der Waals surface area contributed by atoms with Crippen molar-refractivity contribution in [2.75, 3.05) is 13.1 Å². The molecule has 1 aromatic rings. The zero-order valence-electron chi connectivity index (χ0n) is 7.91. The number of aliphatic hydroxyl groups is 1. The molecule has 0 amide bonds. The molecule has 0 aliphatic carbocycles. The molecule has 1 heterocycles. The summed E-state index contributed by atoms with van der Waals surface area (Å²) in [6.07, 6.45) is 1.19. The van der Waals surface area contributed by atoms with Gasteiger partial charge in [0, 0.05) is 13.1 Å². The first-order valence-corrected chi connectivity index (χ1v) is 4.82. The molecule has 1 aliphatic heterocycles. The van der Waals surface area contributed by atoms with Crippen LogP contribution in [0.1, 0.15) is 18.4 Å². The van der Waals surface area contributed by atoms with Crippen molar-refractivity contribution in [3.63, 3.8) is 0 Å². The van der Waals surface area contributed by atoms with Gasteiger partial charge < -0.3 is 5.11 Å². The minimum Gasteiger partial charge on any atom is -0.385 e. The van der Waals surface area contributed by atoms with E-state index >= 15 is 0 Å². The van der Waals surface area contributed by atoms with Crippen molar-refractivity contribution in [2.24, 2.45) is 0 Å². The van der Waals surface area contributed by atoms with Gasteiger partial charge in [-0.25, -0.2) is 9.71 Å². The second kappa shape index (κ2) is 3.67. The third-order valence-electron chi connectivity index (χ3n) is 2.73. The van der Waals surface area contributed by atoms with Crippen molar-refractivity contribution >= 4 is 0 Å². The smallest absolute Gasteiger partial charge is 0.123 e. The predicted octanol–water partition coefficient (Wildman–Crippen LogP) is 1.41. The Hall–Kier alpha value is -0.930. The number of halogens is 1. The molecule has 2 nitrogen and oxygen atoms in total. The molecule has 75 valence electrons. The summed E-state index contributed by atoms with van der Waals surface area (Å²) in [5, 5.41) is 14.4. The van der Waals surface area contributed by atoms with E-state index in [1.165, 1.54) is 12.1 Å². The van der Waals surface area contributed by atoms with Crippen LogP contribution in [0.15, 0.2) is 24.3 Å². The molecule has 14 heavy (non-hydrogen) atoms. The van der Waals surface area contributed by atoms with Gasteiger partial charge in [0.25, 0.3) is 0 Å². The lowest BCUT2D eigenvalue weighted by Crippen LogP contribution is -2.36. The van der Waals surface area contributed by atoms with Gasteiger partial charge in [-0.15, -0.1) is 0 Å². The Morgan fingerprint density at radius 1 is 1.29 bits per heavy atom. The average Bonchev–Trinajstić information content (AvgIpc) is 2.19. The molecular weight excluding hydrogens is 181 g/mol. The Balaban J connectivity index is 2.28. The normalized spacial score (nSPS) is 20.7. The maximum absolute atomic E-state index is 13.0. The van der Waals surface area contributed by atoms with Crippen LogP contribution in [0.2, 0.25) is 0 Å². The molecule has 1 N–H and O–H groups in total. The average molecular weight is 194 g/mol. The summed E-state index contributed by atoms with van der Waals surface area (Å²) in [5.74, 6) is -0.293. The number of benzene rings is 1. The molecule has 0 aromatic heterocycles. The Kier molecular flexibility index (Phi) is 2.52. The van der Waals surface area contributed by atoms with Crippen molar-refractivity contribution in [1.82, 2.24) is 5.32 Å². The molecule has 3 heteroatoms. The summed E-state index contributed by atoms with van der Waals surface area (Å²) in [6, 6.07) is 6.20. The molecule has 1 fully saturated rings. The van der Waals surface area contributed by atoms with Crippen molar-refractivity contribution < 1.29 is 9.50 Å². The molecule has 0 spiro atoms. The predicted molar refractivity (Wildman–Crippen MR) is 51.4 cm³/mol. The van der Waals surface area contributed by atoms with Crippen LogP contribution in [0.4, 0.5) is 4.39 Å². The monoisotopic (exact) mass is 194 g/mol. The SMILES string of the molecule is OC1(c2cccc(F)c2)CC[N]CC1. The van der Waals surface area contributed by atoms with Gasteiger partial charge in [0.15, 0.2) is 0 Å². The fraction of sp³-hybridized carbons (Fsp3) is 0.455. The van der Waals surface area contributed by atoms with E-state index in [4.69, 9.17) is 0 Å². The lowest BCUT2D eigenvalue weighted by Gasteiger charge is -2.32. The summed E-state index contributed by atoms with van der Waals surface area (Å²) in [7, 11) is 0. The molecule has 0 unspecified atom stereocenters. The molecule has 2 rings (SSSR count). The fourth-order valence-electron chi connectivity index (χ4n) is 1.83. The first-order valence-electron chi connectivity index (χ1n) is 4.82. The quantitative estimate of drug-likeness (QED) is 0.720. The third-order valence-corrected chi connectivity index (χ3v) is 2.73. The van der Waals surface area contributed by atoms with Gasteiger partial charge in [0.1, 0.15) is 5.82 Å². The molecule has 1 radical (unpaired) electrons. The maximum atomic E-state index is 13.0. The summed E-state index contributed by atoms with van der Waals surface area (Å²) >= 11 is 0. The number of nitrogens with zero attached hydrogens (tertiary/aromatic N) is 1. The Bertz CT molecular complexity index is 321. The summed E-state index contributed by atoms with van der Waals surface area (Å²) in [6.45, 7) is 1.32. The van der Waals surface area contributed by atoms with Crippen molar-refractivity contribution in [3.8, 4) is 0 Å². The van der Waals surface area contributed by atoms with Gasteiger partial charge in [-0.05, 0) is 30.5 Å². The Morgan fingerprint density at radius 2 is 2.00 bits per heavy atom. The highest BCUT2D eigenvalue weighted by molar-refractivity contribution is 5.23. The highest BCUT2D eigenvalue weighted by Crippen LogP contribution is 2.30. The zero-order valence-corrected chi connectivity index (χ0v) is 7.91. The van der Waals surface area contributed by atoms with E-state index in [0.717, 1.165) is 0 Å². The van der Waals surface area contributed by atoms with Crippen LogP contribution in [-0.4, -0.2) is 18.2 Å². The largest absolute Gasteiger partial charge is 0.385 e.